The maximum Gasteiger partial charge on any atom is 0.252 e. The van der Waals surface area contributed by atoms with E-state index in [0.717, 1.165) is 26.2 Å². The van der Waals surface area contributed by atoms with Crippen LogP contribution >= 0.6 is 0 Å². The van der Waals surface area contributed by atoms with Gasteiger partial charge < -0.3 is 20.2 Å². The molecule has 2 aliphatic heterocycles. The Kier molecular flexibility index (Phi) is 4.81. The van der Waals surface area contributed by atoms with Crippen molar-refractivity contribution in [3.8, 4) is 0 Å². The minimum absolute atomic E-state index is 0.172. The van der Waals surface area contributed by atoms with Crippen LogP contribution in [-0.4, -0.2) is 73.2 Å². The molecule has 2 rings (SSSR count). The SMILES string of the molecule is CN1CCC(O)(C(=O)NC[C@@H]2CCCN(C)C2)CC1. The molecule has 0 bridgehead atoms. The summed E-state index contributed by atoms with van der Waals surface area (Å²) in [5.41, 5.74) is -1.15. The van der Waals surface area contributed by atoms with Crippen molar-refractivity contribution < 1.29 is 9.90 Å². The van der Waals surface area contributed by atoms with Crippen LogP contribution in [0.4, 0.5) is 0 Å². The summed E-state index contributed by atoms with van der Waals surface area (Å²) in [5.74, 6) is 0.353. The van der Waals surface area contributed by atoms with Crippen molar-refractivity contribution in [3.05, 3.63) is 0 Å². The van der Waals surface area contributed by atoms with Crippen molar-refractivity contribution in [1.29, 1.82) is 0 Å². The second-order valence-electron chi connectivity index (χ2n) is 6.32. The molecule has 0 spiro atoms. The van der Waals surface area contributed by atoms with Crippen LogP contribution in [-0.2, 0) is 4.79 Å². The molecule has 0 aromatic rings. The highest BCUT2D eigenvalue weighted by Gasteiger charge is 2.38. The molecule has 0 unspecified atom stereocenters. The fourth-order valence-electron chi connectivity index (χ4n) is 3.06. The Bertz CT molecular complexity index is 314. The highest BCUT2D eigenvalue weighted by molar-refractivity contribution is 5.85. The van der Waals surface area contributed by atoms with Crippen molar-refractivity contribution in [2.24, 2.45) is 5.92 Å². The third-order valence-electron chi connectivity index (χ3n) is 4.51. The van der Waals surface area contributed by atoms with Gasteiger partial charge in [0.25, 0.3) is 5.91 Å². The summed E-state index contributed by atoms with van der Waals surface area (Å²) in [7, 11) is 4.15. The van der Waals surface area contributed by atoms with E-state index in [1.165, 1.54) is 12.8 Å². The lowest BCUT2D eigenvalue weighted by Crippen LogP contribution is -2.54. The molecule has 0 radical (unpaired) electrons. The number of nitrogens with zero attached hydrogens (tertiary/aromatic N) is 2. The lowest BCUT2D eigenvalue weighted by molar-refractivity contribution is -0.144. The number of piperidine rings is 2. The number of likely N-dealkylation sites (tertiary alicyclic amines) is 2. The molecule has 1 atom stereocenters. The molecule has 2 N–H and O–H groups in total. The smallest absolute Gasteiger partial charge is 0.252 e. The highest BCUT2D eigenvalue weighted by atomic mass is 16.3. The van der Waals surface area contributed by atoms with Gasteiger partial charge in [0, 0.05) is 26.2 Å². The summed E-state index contributed by atoms with van der Waals surface area (Å²) >= 11 is 0. The number of hydrogen-bond acceptors (Lipinski definition) is 4. The molecule has 2 aliphatic rings. The van der Waals surface area contributed by atoms with Crippen LogP contribution in [0.2, 0.25) is 0 Å². The molecule has 5 heteroatoms. The van der Waals surface area contributed by atoms with Gasteiger partial charge in [0.2, 0.25) is 0 Å². The average Bonchev–Trinajstić information content (AvgIpc) is 2.40. The van der Waals surface area contributed by atoms with Crippen LogP contribution in [0, 0.1) is 5.92 Å². The Morgan fingerprint density at radius 1 is 1.26 bits per heavy atom. The predicted octanol–water partition coefficient (Wildman–Crippen LogP) is -0.0989. The first-order chi connectivity index (χ1) is 8.99. The van der Waals surface area contributed by atoms with E-state index in [0.29, 0.717) is 25.3 Å². The first-order valence-electron chi connectivity index (χ1n) is 7.37. The van der Waals surface area contributed by atoms with Crippen molar-refractivity contribution in [1.82, 2.24) is 15.1 Å². The number of aliphatic hydroxyl groups is 1. The molecule has 0 aliphatic carbocycles. The normalized spacial score (nSPS) is 29.1. The fourth-order valence-corrected chi connectivity index (χ4v) is 3.06. The third-order valence-corrected chi connectivity index (χ3v) is 4.51. The highest BCUT2D eigenvalue weighted by Crippen LogP contribution is 2.22. The van der Waals surface area contributed by atoms with E-state index in [4.69, 9.17) is 0 Å². The Morgan fingerprint density at radius 3 is 2.58 bits per heavy atom. The summed E-state index contributed by atoms with van der Waals surface area (Å²) in [6, 6.07) is 0. The van der Waals surface area contributed by atoms with Gasteiger partial charge in [-0.1, -0.05) is 0 Å². The van der Waals surface area contributed by atoms with Crippen LogP contribution in [0.1, 0.15) is 25.7 Å². The van der Waals surface area contributed by atoms with Crippen LogP contribution in [0.3, 0.4) is 0 Å². The molecule has 19 heavy (non-hydrogen) atoms. The Hall–Kier alpha value is -0.650. The van der Waals surface area contributed by atoms with Gasteiger partial charge in [0.1, 0.15) is 5.60 Å². The maximum atomic E-state index is 12.2. The number of carbonyl (C=O) groups excluding carboxylic acids is 1. The Balaban J connectivity index is 1.77. The summed E-state index contributed by atoms with van der Waals surface area (Å²) in [6.07, 6.45) is 3.46. The van der Waals surface area contributed by atoms with E-state index in [2.05, 4.69) is 22.2 Å². The first-order valence-corrected chi connectivity index (χ1v) is 7.37. The number of amides is 1. The molecule has 2 saturated heterocycles. The molecule has 2 heterocycles. The van der Waals surface area contributed by atoms with Crippen LogP contribution in [0.5, 0.6) is 0 Å². The monoisotopic (exact) mass is 269 g/mol. The van der Waals surface area contributed by atoms with E-state index in [1.54, 1.807) is 0 Å². The van der Waals surface area contributed by atoms with Gasteiger partial charge in [0.15, 0.2) is 0 Å². The molecule has 0 saturated carbocycles. The topological polar surface area (TPSA) is 55.8 Å². The molecule has 1 amide bonds. The fraction of sp³-hybridized carbons (Fsp3) is 0.929. The standard InChI is InChI=1S/C14H27N3O2/c1-16-8-5-14(19,6-9-16)13(18)15-10-12-4-3-7-17(2)11-12/h12,19H,3-11H2,1-2H3,(H,15,18)/t12-/m0/s1. The van der Waals surface area contributed by atoms with Crippen LogP contribution < -0.4 is 5.32 Å². The predicted molar refractivity (Wildman–Crippen MR) is 74.9 cm³/mol. The summed E-state index contributed by atoms with van der Waals surface area (Å²) in [6.45, 7) is 4.47. The zero-order chi connectivity index (χ0) is 13.9. The second kappa shape index (κ2) is 6.20. The molecule has 110 valence electrons. The van der Waals surface area contributed by atoms with Gasteiger partial charge in [0.05, 0.1) is 0 Å². The summed E-state index contributed by atoms with van der Waals surface area (Å²) in [5, 5.41) is 13.4. The molecule has 2 fully saturated rings. The number of rotatable bonds is 3. The van der Waals surface area contributed by atoms with E-state index in [1.807, 2.05) is 7.05 Å². The Morgan fingerprint density at radius 2 is 1.95 bits per heavy atom. The first kappa shape index (κ1) is 14.8. The number of nitrogens with one attached hydrogen (secondary N) is 1. The molecular formula is C14H27N3O2. The lowest BCUT2D eigenvalue weighted by atomic mass is 9.90. The zero-order valence-corrected chi connectivity index (χ0v) is 12.2. The van der Waals surface area contributed by atoms with Gasteiger partial charge in [-0.25, -0.2) is 0 Å². The van der Waals surface area contributed by atoms with Gasteiger partial charge in [-0.15, -0.1) is 0 Å². The van der Waals surface area contributed by atoms with Gasteiger partial charge in [-0.2, -0.15) is 0 Å². The van der Waals surface area contributed by atoms with E-state index < -0.39 is 5.60 Å². The quantitative estimate of drug-likeness (QED) is 0.751. The lowest BCUT2D eigenvalue weighted by Gasteiger charge is -2.36. The van der Waals surface area contributed by atoms with Crippen molar-refractivity contribution >= 4 is 5.91 Å². The number of hydrogen-bond donors (Lipinski definition) is 2. The summed E-state index contributed by atoms with van der Waals surface area (Å²) < 4.78 is 0. The Labute approximate surface area is 115 Å². The molecule has 0 aromatic heterocycles. The van der Waals surface area contributed by atoms with E-state index in [9.17, 15) is 9.90 Å². The van der Waals surface area contributed by atoms with Crippen molar-refractivity contribution in [3.63, 3.8) is 0 Å². The molecule has 5 nitrogen and oxygen atoms in total. The average molecular weight is 269 g/mol. The van der Waals surface area contributed by atoms with Gasteiger partial charge in [-0.05, 0) is 52.2 Å². The van der Waals surface area contributed by atoms with Crippen molar-refractivity contribution in [2.75, 3.05) is 46.8 Å². The van der Waals surface area contributed by atoms with E-state index in [-0.39, 0.29) is 5.91 Å². The third kappa shape index (κ3) is 3.91. The molecular weight excluding hydrogens is 242 g/mol. The minimum Gasteiger partial charge on any atom is -0.380 e. The van der Waals surface area contributed by atoms with Crippen molar-refractivity contribution in [2.45, 2.75) is 31.3 Å². The second-order valence-corrected chi connectivity index (χ2v) is 6.32. The van der Waals surface area contributed by atoms with Gasteiger partial charge >= 0.3 is 0 Å². The summed E-state index contributed by atoms with van der Waals surface area (Å²) in [4.78, 5) is 16.6. The van der Waals surface area contributed by atoms with Gasteiger partial charge in [-0.3, -0.25) is 4.79 Å². The van der Waals surface area contributed by atoms with Crippen LogP contribution in [0.25, 0.3) is 0 Å². The minimum atomic E-state index is -1.15. The van der Waals surface area contributed by atoms with Crippen LogP contribution in [0.15, 0.2) is 0 Å². The largest absolute Gasteiger partial charge is 0.380 e. The maximum absolute atomic E-state index is 12.2. The zero-order valence-electron chi connectivity index (χ0n) is 12.2. The number of carbonyl (C=O) groups is 1. The van der Waals surface area contributed by atoms with E-state index >= 15 is 0 Å². The molecule has 0 aromatic carbocycles.